The predicted octanol–water partition coefficient (Wildman–Crippen LogP) is 4.73. The van der Waals surface area contributed by atoms with Crippen LogP contribution in [0.3, 0.4) is 0 Å². The van der Waals surface area contributed by atoms with Crippen molar-refractivity contribution in [1.29, 1.82) is 5.26 Å². The van der Waals surface area contributed by atoms with Crippen LogP contribution in [0.15, 0.2) is 40.9 Å². The highest BCUT2D eigenvalue weighted by Crippen LogP contribution is 2.25. The minimum Gasteiger partial charge on any atom is -0.380 e. The van der Waals surface area contributed by atoms with E-state index in [1.807, 2.05) is 6.07 Å². The molecular formula is C14H9BrClFN2. The molecular weight excluding hydrogens is 331 g/mol. The Kier molecular flexibility index (Phi) is 4.41. The maximum atomic E-state index is 13.2. The van der Waals surface area contributed by atoms with Gasteiger partial charge in [0.25, 0.3) is 0 Å². The summed E-state index contributed by atoms with van der Waals surface area (Å²) in [5.41, 5.74) is 1.78. The highest BCUT2D eigenvalue weighted by molar-refractivity contribution is 9.10. The van der Waals surface area contributed by atoms with E-state index in [4.69, 9.17) is 16.9 Å². The van der Waals surface area contributed by atoms with Crippen molar-refractivity contribution in [2.45, 2.75) is 6.54 Å². The quantitative estimate of drug-likeness (QED) is 0.878. The monoisotopic (exact) mass is 338 g/mol. The van der Waals surface area contributed by atoms with E-state index in [-0.39, 0.29) is 5.82 Å². The van der Waals surface area contributed by atoms with Crippen LogP contribution in [0.25, 0.3) is 0 Å². The van der Waals surface area contributed by atoms with Crippen molar-refractivity contribution >= 4 is 33.2 Å². The Labute approximate surface area is 123 Å². The third kappa shape index (κ3) is 3.25. The minimum absolute atomic E-state index is 0.299. The number of hydrogen-bond donors (Lipinski definition) is 1. The van der Waals surface area contributed by atoms with Gasteiger partial charge in [0.15, 0.2) is 0 Å². The van der Waals surface area contributed by atoms with Crippen LogP contribution < -0.4 is 5.32 Å². The third-order valence-electron chi connectivity index (χ3n) is 2.60. The van der Waals surface area contributed by atoms with Crippen molar-refractivity contribution in [2.75, 3.05) is 5.32 Å². The molecule has 2 nitrogen and oxygen atoms in total. The van der Waals surface area contributed by atoms with Gasteiger partial charge >= 0.3 is 0 Å². The Bertz CT molecular complexity index is 652. The number of halogens is 3. The molecule has 0 saturated heterocycles. The van der Waals surface area contributed by atoms with E-state index < -0.39 is 0 Å². The van der Waals surface area contributed by atoms with E-state index in [0.717, 1.165) is 10.0 Å². The number of rotatable bonds is 3. The van der Waals surface area contributed by atoms with Gasteiger partial charge in [-0.2, -0.15) is 5.26 Å². The zero-order valence-electron chi connectivity index (χ0n) is 9.75. The molecule has 0 fully saturated rings. The Morgan fingerprint density at radius 2 is 2.11 bits per heavy atom. The molecule has 0 bridgehead atoms. The van der Waals surface area contributed by atoms with Crippen molar-refractivity contribution in [3.8, 4) is 6.07 Å². The number of nitrogens with zero attached hydrogens (tertiary/aromatic N) is 1. The molecule has 2 aromatic carbocycles. The Morgan fingerprint density at radius 1 is 1.32 bits per heavy atom. The van der Waals surface area contributed by atoms with Gasteiger partial charge in [-0.15, -0.1) is 0 Å². The van der Waals surface area contributed by atoms with Crippen LogP contribution in [0, 0.1) is 17.1 Å². The van der Waals surface area contributed by atoms with Gasteiger partial charge in [0, 0.05) is 11.0 Å². The maximum Gasteiger partial charge on any atom is 0.123 e. The van der Waals surface area contributed by atoms with Crippen LogP contribution in [-0.2, 0) is 6.54 Å². The number of benzene rings is 2. The van der Waals surface area contributed by atoms with Crippen molar-refractivity contribution in [2.24, 2.45) is 0 Å². The molecule has 0 amide bonds. The van der Waals surface area contributed by atoms with Gasteiger partial charge in [-0.3, -0.25) is 0 Å². The first-order chi connectivity index (χ1) is 9.11. The second kappa shape index (κ2) is 6.05. The van der Waals surface area contributed by atoms with Gasteiger partial charge in [0.2, 0.25) is 0 Å². The van der Waals surface area contributed by atoms with Gasteiger partial charge in [0.05, 0.1) is 16.3 Å². The predicted molar refractivity (Wildman–Crippen MR) is 77.6 cm³/mol. The fourth-order valence-corrected chi connectivity index (χ4v) is 2.26. The number of anilines is 1. The fourth-order valence-electron chi connectivity index (χ4n) is 1.65. The third-order valence-corrected chi connectivity index (χ3v) is 3.69. The van der Waals surface area contributed by atoms with Crippen LogP contribution >= 0.6 is 27.5 Å². The molecule has 0 heterocycles. The molecule has 0 unspecified atom stereocenters. The molecule has 0 aliphatic carbocycles. The number of nitrogens with one attached hydrogen (secondary N) is 1. The highest BCUT2D eigenvalue weighted by atomic mass is 79.9. The molecule has 19 heavy (non-hydrogen) atoms. The highest BCUT2D eigenvalue weighted by Gasteiger charge is 2.07. The molecule has 0 aromatic heterocycles. The number of nitriles is 1. The summed E-state index contributed by atoms with van der Waals surface area (Å²) in [7, 11) is 0. The van der Waals surface area contributed by atoms with Crippen molar-refractivity contribution in [1.82, 2.24) is 0 Å². The second-order valence-electron chi connectivity index (χ2n) is 3.86. The largest absolute Gasteiger partial charge is 0.380 e. The zero-order valence-corrected chi connectivity index (χ0v) is 12.1. The van der Waals surface area contributed by atoms with Gasteiger partial charge in [-0.25, -0.2) is 4.39 Å². The van der Waals surface area contributed by atoms with E-state index >= 15 is 0 Å². The Balaban J connectivity index is 2.22. The lowest BCUT2D eigenvalue weighted by atomic mass is 10.1. The van der Waals surface area contributed by atoms with E-state index in [1.54, 1.807) is 24.3 Å². The van der Waals surface area contributed by atoms with Crippen LogP contribution in [0.1, 0.15) is 11.1 Å². The van der Waals surface area contributed by atoms with Crippen molar-refractivity contribution in [3.63, 3.8) is 0 Å². The minimum atomic E-state index is -0.299. The van der Waals surface area contributed by atoms with Crippen molar-refractivity contribution < 1.29 is 4.39 Å². The first-order valence-corrected chi connectivity index (χ1v) is 6.65. The van der Waals surface area contributed by atoms with Crippen molar-refractivity contribution in [3.05, 3.63) is 62.8 Å². The van der Waals surface area contributed by atoms with Gasteiger partial charge in [-0.05, 0) is 35.9 Å². The lowest BCUT2D eigenvalue weighted by Gasteiger charge is -2.10. The summed E-state index contributed by atoms with van der Waals surface area (Å²) in [6, 6.07) is 11.7. The molecule has 0 aliphatic heterocycles. The van der Waals surface area contributed by atoms with E-state index in [9.17, 15) is 4.39 Å². The van der Waals surface area contributed by atoms with E-state index in [2.05, 4.69) is 21.2 Å². The molecule has 2 rings (SSSR count). The first kappa shape index (κ1) is 13.9. The summed E-state index contributed by atoms with van der Waals surface area (Å²) < 4.78 is 14.0. The SMILES string of the molecule is N#Cc1c(Cl)cccc1NCc1cc(F)ccc1Br. The molecule has 0 radical (unpaired) electrons. The van der Waals surface area contributed by atoms with Crippen LogP contribution in [0.5, 0.6) is 0 Å². The lowest BCUT2D eigenvalue weighted by molar-refractivity contribution is 0.625. The van der Waals surface area contributed by atoms with Gasteiger partial charge < -0.3 is 5.32 Å². The maximum absolute atomic E-state index is 13.2. The molecule has 96 valence electrons. The van der Waals surface area contributed by atoms with E-state index in [0.29, 0.717) is 22.8 Å². The number of hydrogen-bond acceptors (Lipinski definition) is 2. The summed E-state index contributed by atoms with van der Waals surface area (Å²) in [6.45, 7) is 0.396. The summed E-state index contributed by atoms with van der Waals surface area (Å²) in [4.78, 5) is 0. The fraction of sp³-hybridized carbons (Fsp3) is 0.0714. The Hall–Kier alpha value is -1.57. The van der Waals surface area contributed by atoms with Gasteiger partial charge in [0.1, 0.15) is 11.9 Å². The van der Waals surface area contributed by atoms with E-state index in [1.165, 1.54) is 12.1 Å². The summed E-state index contributed by atoms with van der Waals surface area (Å²) in [6.07, 6.45) is 0. The molecule has 0 aliphatic rings. The van der Waals surface area contributed by atoms with Crippen LogP contribution in [0.2, 0.25) is 5.02 Å². The summed E-state index contributed by atoms with van der Waals surface area (Å²) in [5, 5.41) is 12.5. The summed E-state index contributed by atoms with van der Waals surface area (Å²) >= 11 is 9.29. The zero-order chi connectivity index (χ0) is 13.8. The average Bonchev–Trinajstić information content (AvgIpc) is 2.40. The van der Waals surface area contributed by atoms with Crippen LogP contribution in [0.4, 0.5) is 10.1 Å². The first-order valence-electron chi connectivity index (χ1n) is 5.48. The van der Waals surface area contributed by atoms with Gasteiger partial charge in [-0.1, -0.05) is 33.6 Å². The molecule has 1 N–H and O–H groups in total. The van der Waals surface area contributed by atoms with Crippen LogP contribution in [-0.4, -0.2) is 0 Å². The normalized spacial score (nSPS) is 10.0. The molecule has 2 aromatic rings. The topological polar surface area (TPSA) is 35.8 Å². The smallest absolute Gasteiger partial charge is 0.123 e. The molecule has 0 spiro atoms. The molecule has 5 heteroatoms. The Morgan fingerprint density at radius 3 is 2.84 bits per heavy atom. The molecule has 0 saturated carbocycles. The standard InChI is InChI=1S/C14H9BrClFN2/c15-12-5-4-10(17)6-9(12)8-19-14-3-1-2-13(16)11(14)7-18/h1-6,19H,8H2. The molecule has 0 atom stereocenters. The summed E-state index contributed by atoms with van der Waals surface area (Å²) in [5.74, 6) is -0.299. The second-order valence-corrected chi connectivity index (χ2v) is 5.13. The lowest BCUT2D eigenvalue weighted by Crippen LogP contribution is -2.02. The average molecular weight is 340 g/mol.